The number of nitrogens with zero attached hydrogens (tertiary/aromatic N) is 2. The van der Waals surface area contributed by atoms with Gasteiger partial charge >= 0.3 is 0 Å². The highest BCUT2D eigenvalue weighted by Gasteiger charge is 2.19. The maximum Gasteiger partial charge on any atom is 0.213 e. The molecular formula is C15H23IN4OS. The fraction of sp³-hybridized carbons (Fsp3) is 0.467. The van der Waals surface area contributed by atoms with E-state index >= 15 is 0 Å². The average Bonchev–Trinajstić information content (AvgIpc) is 3.09. The SMILES string of the molecule is CN=C(NCc1ccsc1)NCc1ncc(C(C)(C)C)o1.I. The summed E-state index contributed by atoms with van der Waals surface area (Å²) < 4.78 is 5.74. The van der Waals surface area contributed by atoms with Crippen molar-refractivity contribution in [1.82, 2.24) is 15.6 Å². The van der Waals surface area contributed by atoms with Crippen molar-refractivity contribution in [3.63, 3.8) is 0 Å². The van der Waals surface area contributed by atoms with E-state index in [1.54, 1.807) is 24.6 Å². The fourth-order valence-electron chi connectivity index (χ4n) is 1.70. The lowest BCUT2D eigenvalue weighted by Gasteiger charge is -2.13. The monoisotopic (exact) mass is 434 g/mol. The molecule has 0 amide bonds. The van der Waals surface area contributed by atoms with Crippen LogP contribution in [0.5, 0.6) is 0 Å². The first-order chi connectivity index (χ1) is 9.99. The second-order valence-corrected chi connectivity index (χ2v) is 6.56. The Kier molecular flexibility index (Phi) is 7.34. The van der Waals surface area contributed by atoms with Crippen LogP contribution in [0.2, 0.25) is 0 Å². The maximum atomic E-state index is 5.74. The summed E-state index contributed by atoms with van der Waals surface area (Å²) in [6.07, 6.45) is 1.79. The maximum absolute atomic E-state index is 5.74. The minimum atomic E-state index is -0.0237. The summed E-state index contributed by atoms with van der Waals surface area (Å²) in [5.74, 6) is 2.29. The van der Waals surface area contributed by atoms with Gasteiger partial charge in [-0.2, -0.15) is 11.3 Å². The van der Waals surface area contributed by atoms with E-state index in [1.807, 2.05) is 0 Å². The Morgan fingerprint density at radius 3 is 2.59 bits per heavy atom. The normalized spacial score (nSPS) is 11.9. The van der Waals surface area contributed by atoms with Crippen LogP contribution in [0.25, 0.3) is 0 Å². The van der Waals surface area contributed by atoms with E-state index in [2.05, 4.69) is 58.2 Å². The molecule has 7 heteroatoms. The summed E-state index contributed by atoms with van der Waals surface area (Å²) in [5, 5.41) is 10.6. The molecule has 0 aliphatic heterocycles. The Hall–Kier alpha value is -1.09. The molecule has 2 aromatic heterocycles. The molecule has 2 aromatic rings. The minimum absolute atomic E-state index is 0. The molecule has 0 aromatic carbocycles. The van der Waals surface area contributed by atoms with Gasteiger partial charge in [-0.3, -0.25) is 4.99 Å². The van der Waals surface area contributed by atoms with Crippen molar-refractivity contribution in [1.29, 1.82) is 0 Å². The summed E-state index contributed by atoms with van der Waals surface area (Å²) in [7, 11) is 1.75. The highest BCUT2D eigenvalue weighted by atomic mass is 127. The van der Waals surface area contributed by atoms with Crippen LogP contribution in [0.4, 0.5) is 0 Å². The van der Waals surface area contributed by atoms with Crippen molar-refractivity contribution >= 4 is 41.3 Å². The molecular weight excluding hydrogens is 411 g/mol. The molecule has 2 N–H and O–H groups in total. The molecule has 0 radical (unpaired) electrons. The van der Waals surface area contributed by atoms with Crippen LogP contribution >= 0.6 is 35.3 Å². The van der Waals surface area contributed by atoms with Gasteiger partial charge in [0.2, 0.25) is 5.89 Å². The van der Waals surface area contributed by atoms with Crippen molar-refractivity contribution < 1.29 is 4.42 Å². The van der Waals surface area contributed by atoms with Gasteiger partial charge in [0.05, 0.1) is 12.7 Å². The first-order valence-electron chi connectivity index (χ1n) is 6.90. The average molecular weight is 434 g/mol. The van der Waals surface area contributed by atoms with Gasteiger partial charge in [-0.1, -0.05) is 20.8 Å². The van der Waals surface area contributed by atoms with E-state index in [9.17, 15) is 0 Å². The molecule has 2 rings (SSSR count). The number of thiophene rings is 1. The van der Waals surface area contributed by atoms with Gasteiger partial charge in [0.1, 0.15) is 5.76 Å². The second kappa shape index (κ2) is 8.52. The largest absolute Gasteiger partial charge is 0.443 e. The van der Waals surface area contributed by atoms with E-state index in [0.717, 1.165) is 18.3 Å². The first kappa shape index (κ1) is 19.0. The van der Waals surface area contributed by atoms with Crippen LogP contribution in [-0.2, 0) is 18.5 Å². The van der Waals surface area contributed by atoms with Crippen molar-refractivity contribution in [3.8, 4) is 0 Å². The zero-order chi connectivity index (χ0) is 15.3. The topological polar surface area (TPSA) is 62.5 Å². The van der Waals surface area contributed by atoms with Crippen LogP contribution in [0.1, 0.15) is 38.0 Å². The van der Waals surface area contributed by atoms with Gasteiger partial charge < -0.3 is 15.1 Å². The summed E-state index contributed by atoms with van der Waals surface area (Å²) in [4.78, 5) is 8.48. The molecule has 0 spiro atoms. The molecule has 2 heterocycles. The quantitative estimate of drug-likeness (QED) is 0.439. The molecule has 0 saturated carbocycles. The lowest BCUT2D eigenvalue weighted by atomic mass is 9.94. The summed E-state index contributed by atoms with van der Waals surface area (Å²) in [5.41, 5.74) is 1.22. The number of aromatic nitrogens is 1. The molecule has 5 nitrogen and oxygen atoms in total. The number of rotatable bonds is 4. The third-order valence-corrected chi connectivity index (χ3v) is 3.70. The Labute approximate surface area is 152 Å². The van der Waals surface area contributed by atoms with Gasteiger partial charge in [-0.15, -0.1) is 24.0 Å². The number of halogens is 1. The number of guanidine groups is 1. The van der Waals surface area contributed by atoms with Crippen molar-refractivity contribution in [2.24, 2.45) is 4.99 Å². The second-order valence-electron chi connectivity index (χ2n) is 5.78. The van der Waals surface area contributed by atoms with Crippen LogP contribution in [-0.4, -0.2) is 18.0 Å². The van der Waals surface area contributed by atoms with Gasteiger partial charge in [-0.05, 0) is 22.4 Å². The summed E-state index contributed by atoms with van der Waals surface area (Å²) in [6, 6.07) is 2.09. The lowest BCUT2D eigenvalue weighted by molar-refractivity contribution is 0.379. The Balaban J connectivity index is 0.00000242. The predicted octanol–water partition coefficient (Wildman–Crippen LogP) is 3.52. The number of hydrogen-bond acceptors (Lipinski definition) is 4. The van der Waals surface area contributed by atoms with E-state index < -0.39 is 0 Å². The molecule has 0 fully saturated rings. The fourth-order valence-corrected chi connectivity index (χ4v) is 2.37. The third kappa shape index (κ3) is 5.60. The number of hydrogen-bond donors (Lipinski definition) is 2. The van der Waals surface area contributed by atoms with Crippen LogP contribution in [0.3, 0.4) is 0 Å². The lowest BCUT2D eigenvalue weighted by Crippen LogP contribution is -2.36. The molecule has 0 saturated heterocycles. The Bertz CT molecular complexity index is 587. The van der Waals surface area contributed by atoms with Gasteiger partial charge in [0.15, 0.2) is 5.96 Å². The van der Waals surface area contributed by atoms with Crippen molar-refractivity contribution in [2.75, 3.05) is 7.05 Å². The molecule has 0 bridgehead atoms. The first-order valence-corrected chi connectivity index (χ1v) is 7.84. The zero-order valence-electron chi connectivity index (χ0n) is 13.3. The number of oxazole rings is 1. The standard InChI is InChI=1S/C15H22N4OS.HI/c1-15(2,3)12-8-17-13(20-12)9-19-14(16-4)18-7-11-5-6-21-10-11;/h5-6,8,10H,7,9H2,1-4H3,(H2,16,18,19);1H. The predicted molar refractivity (Wildman–Crippen MR) is 102 cm³/mol. The van der Waals surface area contributed by atoms with Gasteiger partial charge in [-0.25, -0.2) is 4.98 Å². The van der Waals surface area contributed by atoms with E-state index in [1.165, 1.54) is 5.56 Å². The molecule has 22 heavy (non-hydrogen) atoms. The van der Waals surface area contributed by atoms with Gasteiger partial charge in [0.25, 0.3) is 0 Å². The molecule has 122 valence electrons. The molecule has 0 aliphatic carbocycles. The zero-order valence-corrected chi connectivity index (χ0v) is 16.5. The number of nitrogens with one attached hydrogen (secondary N) is 2. The van der Waals surface area contributed by atoms with Crippen molar-refractivity contribution in [2.45, 2.75) is 39.3 Å². The highest BCUT2D eigenvalue weighted by molar-refractivity contribution is 14.0. The van der Waals surface area contributed by atoms with Crippen LogP contribution in [0, 0.1) is 0 Å². The minimum Gasteiger partial charge on any atom is -0.443 e. The smallest absolute Gasteiger partial charge is 0.213 e. The van der Waals surface area contributed by atoms with E-state index in [-0.39, 0.29) is 29.4 Å². The molecule has 0 unspecified atom stereocenters. The Morgan fingerprint density at radius 1 is 1.32 bits per heavy atom. The summed E-state index contributed by atoms with van der Waals surface area (Å²) in [6.45, 7) is 7.57. The van der Waals surface area contributed by atoms with E-state index in [4.69, 9.17) is 4.42 Å². The van der Waals surface area contributed by atoms with Crippen molar-refractivity contribution in [3.05, 3.63) is 40.2 Å². The highest BCUT2D eigenvalue weighted by Crippen LogP contribution is 2.22. The Morgan fingerprint density at radius 2 is 2.05 bits per heavy atom. The number of aliphatic imine (C=N–C) groups is 1. The molecule has 0 atom stereocenters. The third-order valence-electron chi connectivity index (χ3n) is 2.96. The van der Waals surface area contributed by atoms with Gasteiger partial charge in [0, 0.05) is 19.0 Å². The van der Waals surface area contributed by atoms with Crippen LogP contribution < -0.4 is 10.6 Å². The van der Waals surface area contributed by atoms with E-state index in [0.29, 0.717) is 12.4 Å². The summed E-state index contributed by atoms with van der Waals surface area (Å²) >= 11 is 1.69. The van der Waals surface area contributed by atoms with Crippen LogP contribution in [0.15, 0.2) is 32.4 Å². The molecule has 0 aliphatic rings.